The number of piperidine rings is 1. The lowest BCUT2D eigenvalue weighted by Crippen LogP contribution is -2.46. The van der Waals surface area contributed by atoms with E-state index in [1.54, 1.807) is 0 Å². The molecule has 0 bridgehead atoms. The van der Waals surface area contributed by atoms with Crippen LogP contribution in [0.5, 0.6) is 0 Å². The number of aliphatic hydroxyl groups is 1. The lowest BCUT2D eigenvalue weighted by Gasteiger charge is -2.38. The van der Waals surface area contributed by atoms with Crippen LogP contribution in [0.15, 0.2) is 22.7 Å². The van der Waals surface area contributed by atoms with Crippen LogP contribution in [0, 0.1) is 0 Å². The number of hydrogen-bond donors (Lipinski definition) is 2. The van der Waals surface area contributed by atoms with Crippen LogP contribution in [0.1, 0.15) is 25.3 Å². The zero-order valence-corrected chi connectivity index (χ0v) is 11.7. The molecule has 1 aromatic carbocycles. The van der Waals surface area contributed by atoms with Crippen LogP contribution in [0.4, 0.5) is 5.69 Å². The van der Waals surface area contributed by atoms with Gasteiger partial charge in [-0.25, -0.2) is 0 Å². The highest BCUT2D eigenvalue weighted by Gasteiger charge is 2.28. The highest BCUT2D eigenvalue weighted by atomic mass is 79.9. The van der Waals surface area contributed by atoms with Gasteiger partial charge in [0.05, 0.1) is 5.60 Å². The summed E-state index contributed by atoms with van der Waals surface area (Å²) in [5, 5.41) is 10.1. The van der Waals surface area contributed by atoms with Crippen LogP contribution in [0.25, 0.3) is 0 Å². The summed E-state index contributed by atoms with van der Waals surface area (Å²) in [6, 6.07) is 6.22. The van der Waals surface area contributed by atoms with Crippen molar-refractivity contribution in [3.63, 3.8) is 0 Å². The van der Waals surface area contributed by atoms with Crippen LogP contribution in [-0.2, 0) is 6.54 Å². The highest BCUT2D eigenvalue weighted by molar-refractivity contribution is 9.10. The number of β-amino-alcohol motifs (C(OH)–C–C–N with tert-alkyl or cyclic N) is 1. The Morgan fingerprint density at radius 3 is 2.88 bits per heavy atom. The van der Waals surface area contributed by atoms with Crippen molar-refractivity contribution >= 4 is 21.6 Å². The predicted octanol–water partition coefficient (Wildman–Crippen LogP) is 2.26. The van der Waals surface area contributed by atoms with Crippen molar-refractivity contribution in [3.8, 4) is 0 Å². The maximum absolute atomic E-state index is 10.1. The molecule has 0 saturated carbocycles. The monoisotopic (exact) mass is 298 g/mol. The van der Waals surface area contributed by atoms with E-state index in [-0.39, 0.29) is 0 Å². The van der Waals surface area contributed by atoms with Crippen molar-refractivity contribution in [1.82, 2.24) is 0 Å². The first-order valence-electron chi connectivity index (χ1n) is 5.97. The summed E-state index contributed by atoms with van der Waals surface area (Å²) in [4.78, 5) is 2.23. The molecule has 1 aliphatic heterocycles. The van der Waals surface area contributed by atoms with Crippen LogP contribution in [0.3, 0.4) is 0 Å². The summed E-state index contributed by atoms with van der Waals surface area (Å²) >= 11 is 3.50. The number of halogens is 1. The largest absolute Gasteiger partial charge is 0.388 e. The van der Waals surface area contributed by atoms with Crippen LogP contribution < -0.4 is 10.6 Å². The van der Waals surface area contributed by atoms with Crippen LogP contribution in [0.2, 0.25) is 0 Å². The maximum Gasteiger partial charge on any atom is 0.0794 e. The van der Waals surface area contributed by atoms with Gasteiger partial charge < -0.3 is 15.7 Å². The fraction of sp³-hybridized carbons (Fsp3) is 0.538. The third-order valence-corrected chi connectivity index (χ3v) is 3.68. The first-order chi connectivity index (χ1) is 8.00. The summed E-state index contributed by atoms with van der Waals surface area (Å²) in [5.41, 5.74) is 7.35. The van der Waals surface area contributed by atoms with E-state index in [0.29, 0.717) is 13.1 Å². The standard InChI is InChI=1S/C13H19BrN2O/c1-13(17)3-2-4-16(9-13)12-6-10(8-15)5-11(14)7-12/h5-7,17H,2-4,8-9,15H2,1H3. The minimum Gasteiger partial charge on any atom is -0.388 e. The Kier molecular flexibility index (Phi) is 3.76. The van der Waals surface area contributed by atoms with Gasteiger partial charge >= 0.3 is 0 Å². The van der Waals surface area contributed by atoms with Crippen molar-refractivity contribution in [2.45, 2.75) is 31.9 Å². The molecule has 3 N–H and O–H groups in total. The van der Waals surface area contributed by atoms with Gasteiger partial charge in [-0.15, -0.1) is 0 Å². The molecule has 1 atom stereocenters. The topological polar surface area (TPSA) is 49.5 Å². The molecule has 94 valence electrons. The van der Waals surface area contributed by atoms with Crippen LogP contribution >= 0.6 is 15.9 Å². The Labute approximate surface area is 111 Å². The van der Waals surface area contributed by atoms with E-state index < -0.39 is 5.60 Å². The van der Waals surface area contributed by atoms with Gasteiger partial charge in [-0.2, -0.15) is 0 Å². The molecule has 1 heterocycles. The first kappa shape index (κ1) is 12.9. The average Bonchev–Trinajstić information content (AvgIpc) is 2.27. The van der Waals surface area contributed by atoms with E-state index in [4.69, 9.17) is 5.73 Å². The lowest BCUT2D eigenvalue weighted by molar-refractivity contribution is 0.0449. The Hall–Kier alpha value is -0.580. The zero-order valence-electron chi connectivity index (χ0n) is 10.1. The number of rotatable bonds is 2. The molecule has 0 aromatic heterocycles. The molecule has 1 fully saturated rings. The Morgan fingerprint density at radius 2 is 2.24 bits per heavy atom. The molecule has 0 amide bonds. The minimum atomic E-state index is -0.580. The van der Waals surface area contributed by atoms with Crippen molar-refractivity contribution < 1.29 is 5.11 Å². The predicted molar refractivity (Wildman–Crippen MR) is 74.1 cm³/mol. The van der Waals surface area contributed by atoms with E-state index in [1.807, 2.05) is 13.0 Å². The molecule has 0 spiro atoms. The van der Waals surface area contributed by atoms with Crippen molar-refractivity contribution in [3.05, 3.63) is 28.2 Å². The van der Waals surface area contributed by atoms with Crippen molar-refractivity contribution in [1.29, 1.82) is 0 Å². The number of nitrogens with two attached hydrogens (primary N) is 1. The summed E-state index contributed by atoms with van der Waals surface area (Å²) in [6.07, 6.45) is 1.90. The van der Waals surface area contributed by atoms with E-state index in [2.05, 4.69) is 33.0 Å². The Morgan fingerprint density at radius 1 is 1.47 bits per heavy atom. The number of hydrogen-bond acceptors (Lipinski definition) is 3. The van der Waals surface area contributed by atoms with E-state index >= 15 is 0 Å². The van der Waals surface area contributed by atoms with Gasteiger partial charge in [0.1, 0.15) is 0 Å². The summed E-state index contributed by atoms with van der Waals surface area (Å²) < 4.78 is 1.04. The lowest BCUT2D eigenvalue weighted by atomic mass is 9.94. The molecule has 4 heteroatoms. The Bertz CT molecular complexity index is 406. The second-order valence-corrected chi connectivity index (χ2v) is 5.96. The molecule has 0 aliphatic carbocycles. The number of anilines is 1. The third-order valence-electron chi connectivity index (χ3n) is 3.22. The average molecular weight is 299 g/mol. The normalized spacial score (nSPS) is 25.1. The molecule has 3 nitrogen and oxygen atoms in total. The zero-order chi connectivity index (χ0) is 12.5. The van der Waals surface area contributed by atoms with Gasteiger partial charge in [-0.1, -0.05) is 15.9 Å². The molecule has 17 heavy (non-hydrogen) atoms. The van der Waals surface area contributed by atoms with Gasteiger partial charge in [0.15, 0.2) is 0 Å². The smallest absolute Gasteiger partial charge is 0.0794 e. The van der Waals surface area contributed by atoms with Gasteiger partial charge in [-0.3, -0.25) is 0 Å². The van der Waals surface area contributed by atoms with Gasteiger partial charge in [-0.05, 0) is 43.5 Å². The summed E-state index contributed by atoms with van der Waals surface area (Å²) in [6.45, 7) is 4.13. The SMILES string of the molecule is CC1(O)CCCN(c2cc(Br)cc(CN)c2)C1. The third kappa shape index (κ3) is 3.21. The Balaban J connectivity index is 2.24. The number of nitrogens with zero attached hydrogens (tertiary/aromatic N) is 1. The second-order valence-electron chi connectivity index (χ2n) is 5.04. The van der Waals surface area contributed by atoms with Crippen LogP contribution in [-0.4, -0.2) is 23.8 Å². The molecule has 1 unspecified atom stereocenters. The van der Waals surface area contributed by atoms with Crippen molar-refractivity contribution in [2.24, 2.45) is 5.73 Å². The first-order valence-corrected chi connectivity index (χ1v) is 6.76. The molecule has 0 radical (unpaired) electrons. The fourth-order valence-electron chi connectivity index (χ4n) is 2.37. The molecule has 2 rings (SSSR count). The number of benzene rings is 1. The molecule has 1 saturated heterocycles. The quantitative estimate of drug-likeness (QED) is 0.880. The minimum absolute atomic E-state index is 0.538. The fourth-order valence-corrected chi connectivity index (χ4v) is 2.90. The van der Waals surface area contributed by atoms with E-state index in [9.17, 15) is 5.11 Å². The molecular formula is C13H19BrN2O. The van der Waals surface area contributed by atoms with E-state index in [1.165, 1.54) is 0 Å². The second kappa shape index (κ2) is 4.96. The van der Waals surface area contributed by atoms with Crippen molar-refractivity contribution in [2.75, 3.05) is 18.0 Å². The molecule has 1 aromatic rings. The van der Waals surface area contributed by atoms with E-state index in [0.717, 1.165) is 35.1 Å². The van der Waals surface area contributed by atoms with Gasteiger partial charge in [0, 0.05) is 29.8 Å². The molecular weight excluding hydrogens is 280 g/mol. The summed E-state index contributed by atoms with van der Waals surface area (Å²) in [5.74, 6) is 0. The van der Waals surface area contributed by atoms with Gasteiger partial charge in [0.25, 0.3) is 0 Å². The molecule has 1 aliphatic rings. The highest BCUT2D eigenvalue weighted by Crippen LogP contribution is 2.28. The summed E-state index contributed by atoms with van der Waals surface area (Å²) in [7, 11) is 0. The van der Waals surface area contributed by atoms with Gasteiger partial charge in [0.2, 0.25) is 0 Å². The maximum atomic E-state index is 10.1.